The van der Waals surface area contributed by atoms with Gasteiger partial charge in [0.05, 0.1) is 0 Å². The highest BCUT2D eigenvalue weighted by molar-refractivity contribution is 6.30. The highest BCUT2D eigenvalue weighted by atomic mass is 35.5. The summed E-state index contributed by atoms with van der Waals surface area (Å²) in [4.78, 5) is 26.7. The quantitative estimate of drug-likeness (QED) is 0.311. The number of carboxylic acid groups (broad SMARTS) is 1. The van der Waals surface area contributed by atoms with Gasteiger partial charge < -0.3 is 24.0 Å². The number of aliphatic carboxylic acids is 1. The Balaban J connectivity index is 0.000000411. The molecule has 0 saturated carbocycles. The van der Waals surface area contributed by atoms with Crippen molar-refractivity contribution in [3.8, 4) is 11.1 Å². The molecule has 0 radical (unpaired) electrons. The molecule has 40 heavy (non-hydrogen) atoms. The number of carboxylic acids is 1. The smallest absolute Gasteiger partial charge is 0.475 e. The first-order valence-electron chi connectivity index (χ1n) is 13.0. The number of fused-ring (bicyclic) bond motifs is 2. The van der Waals surface area contributed by atoms with Crippen LogP contribution in [0.3, 0.4) is 0 Å². The third kappa shape index (κ3) is 6.03. The summed E-state index contributed by atoms with van der Waals surface area (Å²) in [6, 6.07) is 18.3. The molecule has 1 amide bonds. The molecular formula is C29H28ClF3N4O3. The van der Waals surface area contributed by atoms with Gasteiger partial charge in [0, 0.05) is 65.7 Å². The van der Waals surface area contributed by atoms with Gasteiger partial charge in [-0.2, -0.15) is 13.2 Å². The van der Waals surface area contributed by atoms with Crippen molar-refractivity contribution in [2.45, 2.75) is 32.1 Å². The van der Waals surface area contributed by atoms with Gasteiger partial charge in [-0.15, -0.1) is 0 Å². The second-order valence-electron chi connectivity index (χ2n) is 9.88. The molecule has 7 nitrogen and oxygen atoms in total. The third-order valence-electron chi connectivity index (χ3n) is 7.27. The number of amides is 1. The van der Waals surface area contributed by atoms with Gasteiger partial charge in [0.1, 0.15) is 5.69 Å². The number of nitrogens with zero attached hydrogens (tertiary/aromatic N) is 4. The van der Waals surface area contributed by atoms with Crippen molar-refractivity contribution in [3.63, 3.8) is 0 Å². The predicted octanol–water partition coefficient (Wildman–Crippen LogP) is 6.15. The topological polar surface area (TPSA) is 70.7 Å². The van der Waals surface area contributed by atoms with Crippen LogP contribution < -0.4 is 4.90 Å². The average Bonchev–Trinajstić information content (AvgIpc) is 3.68. The number of carbonyl (C=O) groups is 2. The van der Waals surface area contributed by atoms with Crippen molar-refractivity contribution in [2.75, 3.05) is 31.1 Å². The van der Waals surface area contributed by atoms with E-state index in [9.17, 15) is 18.0 Å². The van der Waals surface area contributed by atoms with Crippen LogP contribution in [0.2, 0.25) is 5.02 Å². The van der Waals surface area contributed by atoms with E-state index in [0.717, 1.165) is 42.1 Å². The summed E-state index contributed by atoms with van der Waals surface area (Å²) in [5, 5.41) is 9.02. The summed E-state index contributed by atoms with van der Waals surface area (Å²) in [5.41, 5.74) is 5.04. The van der Waals surface area contributed by atoms with Gasteiger partial charge >= 0.3 is 12.1 Å². The Labute approximate surface area is 234 Å². The molecule has 4 aromatic rings. The zero-order valence-electron chi connectivity index (χ0n) is 21.6. The number of hydrogen-bond donors (Lipinski definition) is 1. The third-order valence-corrected chi connectivity index (χ3v) is 7.52. The van der Waals surface area contributed by atoms with Crippen LogP contribution in [-0.4, -0.2) is 63.4 Å². The number of anilines is 1. The van der Waals surface area contributed by atoms with Crippen LogP contribution in [0.1, 0.15) is 23.3 Å². The predicted molar refractivity (Wildman–Crippen MR) is 148 cm³/mol. The van der Waals surface area contributed by atoms with Crippen LogP contribution in [0.5, 0.6) is 0 Å². The Morgan fingerprint density at radius 3 is 2.27 bits per heavy atom. The van der Waals surface area contributed by atoms with Crippen LogP contribution in [0.25, 0.3) is 22.0 Å². The lowest BCUT2D eigenvalue weighted by molar-refractivity contribution is -0.192. The molecule has 0 bridgehead atoms. The molecule has 4 heterocycles. The molecule has 2 aromatic carbocycles. The maximum absolute atomic E-state index is 13.4. The van der Waals surface area contributed by atoms with E-state index >= 15 is 0 Å². The van der Waals surface area contributed by atoms with Gasteiger partial charge in [-0.25, -0.2) is 4.79 Å². The molecule has 2 aliphatic heterocycles. The minimum Gasteiger partial charge on any atom is -0.475 e. The Morgan fingerprint density at radius 1 is 0.900 bits per heavy atom. The van der Waals surface area contributed by atoms with Gasteiger partial charge in [0.15, 0.2) is 0 Å². The van der Waals surface area contributed by atoms with Crippen molar-refractivity contribution in [3.05, 3.63) is 77.7 Å². The number of hydrogen-bond acceptors (Lipinski definition) is 3. The Hall–Kier alpha value is -3.76. The van der Waals surface area contributed by atoms with Gasteiger partial charge in [-0.05, 0) is 74.0 Å². The lowest BCUT2D eigenvalue weighted by Gasteiger charge is -2.28. The van der Waals surface area contributed by atoms with E-state index in [-0.39, 0.29) is 5.91 Å². The molecule has 0 aliphatic carbocycles. The SMILES string of the molecule is O=C(O)C(F)(F)F.O=C1c2cc(-c3ccc(Cl)cc3)cn2CCN1c1ccc2c(ccn2CCN2CCCC2)c1. The minimum atomic E-state index is -5.08. The summed E-state index contributed by atoms with van der Waals surface area (Å²) in [7, 11) is 0. The molecule has 1 saturated heterocycles. The molecule has 0 atom stereocenters. The highest BCUT2D eigenvalue weighted by Gasteiger charge is 2.38. The van der Waals surface area contributed by atoms with E-state index in [0.29, 0.717) is 11.6 Å². The first kappa shape index (κ1) is 27.8. The Kier molecular flexibility index (Phi) is 7.91. The van der Waals surface area contributed by atoms with Crippen molar-refractivity contribution in [1.29, 1.82) is 0 Å². The van der Waals surface area contributed by atoms with E-state index in [2.05, 4.69) is 50.7 Å². The van der Waals surface area contributed by atoms with Crippen molar-refractivity contribution < 1.29 is 27.9 Å². The first-order chi connectivity index (χ1) is 19.1. The maximum Gasteiger partial charge on any atom is 0.490 e. The Morgan fingerprint density at radius 2 is 1.60 bits per heavy atom. The maximum atomic E-state index is 13.4. The van der Waals surface area contributed by atoms with Gasteiger partial charge in [-0.1, -0.05) is 23.7 Å². The number of likely N-dealkylation sites (tertiary alicyclic amines) is 1. The average molecular weight is 573 g/mol. The van der Waals surface area contributed by atoms with E-state index in [1.54, 1.807) is 0 Å². The molecular weight excluding hydrogens is 545 g/mol. The first-order valence-corrected chi connectivity index (χ1v) is 13.4. The van der Waals surface area contributed by atoms with Crippen LogP contribution in [0, 0.1) is 0 Å². The normalized spacial score (nSPS) is 15.7. The molecule has 2 aliphatic rings. The van der Waals surface area contributed by atoms with Crippen LogP contribution in [0.15, 0.2) is 67.0 Å². The second-order valence-corrected chi connectivity index (χ2v) is 10.3. The molecule has 0 spiro atoms. The summed E-state index contributed by atoms with van der Waals surface area (Å²) in [5.74, 6) is -2.71. The summed E-state index contributed by atoms with van der Waals surface area (Å²) >= 11 is 6.03. The molecule has 2 aromatic heterocycles. The van der Waals surface area contributed by atoms with Crippen LogP contribution in [0.4, 0.5) is 18.9 Å². The molecule has 1 fully saturated rings. The van der Waals surface area contributed by atoms with E-state index in [1.165, 1.54) is 36.8 Å². The van der Waals surface area contributed by atoms with Crippen LogP contribution >= 0.6 is 11.6 Å². The second kappa shape index (κ2) is 11.4. The number of rotatable bonds is 5. The van der Waals surface area contributed by atoms with Gasteiger partial charge in [0.2, 0.25) is 0 Å². The number of carbonyl (C=O) groups excluding carboxylic acids is 1. The number of benzene rings is 2. The Bertz CT molecular complexity index is 1520. The minimum absolute atomic E-state index is 0.0503. The standard InChI is InChI=1S/C27H27ClN4O.C2HF3O2/c28-23-5-3-20(4-6-23)22-18-26-27(33)32(16-15-31(26)19-22)24-7-8-25-21(17-24)9-12-30(25)14-13-29-10-1-2-11-29;3-2(4,5)1(6)7/h3-9,12,17-19H,1-2,10-11,13-16H2;(H,6,7). The fraction of sp³-hybridized carbons (Fsp3) is 0.310. The lowest BCUT2D eigenvalue weighted by Crippen LogP contribution is -2.39. The number of alkyl halides is 3. The largest absolute Gasteiger partial charge is 0.490 e. The number of halogens is 4. The summed E-state index contributed by atoms with van der Waals surface area (Å²) < 4.78 is 36.1. The molecule has 0 unspecified atom stereocenters. The summed E-state index contributed by atoms with van der Waals surface area (Å²) in [6.45, 7) is 6.00. The van der Waals surface area contributed by atoms with E-state index < -0.39 is 12.1 Å². The molecule has 6 rings (SSSR count). The van der Waals surface area contributed by atoms with E-state index in [1.807, 2.05) is 35.2 Å². The number of aromatic nitrogens is 2. The zero-order valence-corrected chi connectivity index (χ0v) is 22.3. The van der Waals surface area contributed by atoms with E-state index in [4.69, 9.17) is 21.5 Å². The summed E-state index contributed by atoms with van der Waals surface area (Å²) in [6.07, 6.45) is 1.80. The van der Waals surface area contributed by atoms with Crippen LogP contribution in [-0.2, 0) is 17.9 Å². The van der Waals surface area contributed by atoms with Gasteiger partial charge in [0.25, 0.3) is 5.91 Å². The fourth-order valence-electron chi connectivity index (χ4n) is 5.17. The highest BCUT2D eigenvalue weighted by Crippen LogP contribution is 2.30. The molecule has 210 valence electrons. The molecule has 1 N–H and O–H groups in total. The molecule has 11 heteroatoms. The van der Waals surface area contributed by atoms with Crippen molar-refractivity contribution in [2.24, 2.45) is 0 Å². The fourth-order valence-corrected chi connectivity index (χ4v) is 5.30. The van der Waals surface area contributed by atoms with Crippen molar-refractivity contribution in [1.82, 2.24) is 14.0 Å². The van der Waals surface area contributed by atoms with Gasteiger partial charge in [-0.3, -0.25) is 4.79 Å². The van der Waals surface area contributed by atoms with Crippen molar-refractivity contribution >= 4 is 40.1 Å². The zero-order chi connectivity index (χ0) is 28.4. The lowest BCUT2D eigenvalue weighted by atomic mass is 10.1. The monoisotopic (exact) mass is 572 g/mol.